The SMILES string of the molecule is CC(C)Cc1nc(-c2ncc(Cl)cc2Cl)sc1CN. The Morgan fingerprint density at radius 1 is 1.37 bits per heavy atom. The third-order valence-corrected chi connectivity index (χ3v) is 4.20. The van der Waals surface area contributed by atoms with E-state index in [0.29, 0.717) is 28.2 Å². The number of nitrogens with zero attached hydrogens (tertiary/aromatic N) is 2. The van der Waals surface area contributed by atoms with Gasteiger partial charge in [0, 0.05) is 17.6 Å². The number of halogens is 2. The Kier molecular flexibility index (Phi) is 4.79. The molecule has 2 rings (SSSR count). The van der Waals surface area contributed by atoms with Crippen molar-refractivity contribution in [2.75, 3.05) is 0 Å². The van der Waals surface area contributed by atoms with Gasteiger partial charge in [0.25, 0.3) is 0 Å². The predicted molar refractivity (Wildman–Crippen MR) is 81.8 cm³/mol. The molecule has 2 N–H and O–H groups in total. The van der Waals surface area contributed by atoms with Gasteiger partial charge in [0.2, 0.25) is 0 Å². The molecule has 102 valence electrons. The zero-order valence-corrected chi connectivity index (χ0v) is 13.1. The maximum atomic E-state index is 6.16. The first-order chi connectivity index (χ1) is 9.01. The molecular weight excluding hydrogens is 301 g/mol. The maximum Gasteiger partial charge on any atom is 0.143 e. The summed E-state index contributed by atoms with van der Waals surface area (Å²) in [5.41, 5.74) is 7.49. The van der Waals surface area contributed by atoms with Crippen molar-refractivity contribution in [1.82, 2.24) is 9.97 Å². The lowest BCUT2D eigenvalue weighted by atomic mass is 10.1. The van der Waals surface area contributed by atoms with Crippen LogP contribution in [0.15, 0.2) is 12.3 Å². The van der Waals surface area contributed by atoms with Gasteiger partial charge in [-0.15, -0.1) is 11.3 Å². The first-order valence-corrected chi connectivity index (χ1v) is 7.58. The van der Waals surface area contributed by atoms with Gasteiger partial charge < -0.3 is 5.73 Å². The van der Waals surface area contributed by atoms with Crippen molar-refractivity contribution in [2.45, 2.75) is 26.8 Å². The molecule has 0 radical (unpaired) electrons. The van der Waals surface area contributed by atoms with Crippen molar-refractivity contribution >= 4 is 34.5 Å². The Morgan fingerprint density at radius 3 is 2.68 bits per heavy atom. The Labute approximate surface area is 126 Å². The van der Waals surface area contributed by atoms with E-state index >= 15 is 0 Å². The Balaban J connectivity index is 2.42. The summed E-state index contributed by atoms with van der Waals surface area (Å²) in [5.74, 6) is 0.536. The second-order valence-corrected chi connectivity index (χ2v) is 6.60. The normalized spacial score (nSPS) is 11.3. The summed E-state index contributed by atoms with van der Waals surface area (Å²) in [6.07, 6.45) is 2.49. The van der Waals surface area contributed by atoms with Gasteiger partial charge in [0.05, 0.1) is 15.7 Å². The average Bonchev–Trinajstić information content (AvgIpc) is 2.71. The van der Waals surface area contributed by atoms with E-state index in [1.807, 2.05) is 0 Å². The van der Waals surface area contributed by atoms with Gasteiger partial charge in [0.15, 0.2) is 0 Å². The first-order valence-electron chi connectivity index (χ1n) is 6.01. The van der Waals surface area contributed by atoms with Crippen LogP contribution < -0.4 is 5.73 Å². The summed E-state index contributed by atoms with van der Waals surface area (Å²) in [6, 6.07) is 1.68. The minimum atomic E-state index is 0.491. The molecule has 0 atom stereocenters. The summed E-state index contributed by atoms with van der Waals surface area (Å²) in [6.45, 7) is 4.81. The van der Waals surface area contributed by atoms with Crippen LogP contribution in [0.1, 0.15) is 24.4 Å². The molecule has 0 aliphatic heterocycles. The number of pyridine rings is 1. The maximum absolute atomic E-state index is 6.16. The molecule has 0 saturated carbocycles. The van der Waals surface area contributed by atoms with E-state index < -0.39 is 0 Å². The van der Waals surface area contributed by atoms with Gasteiger partial charge in [-0.25, -0.2) is 4.98 Å². The minimum absolute atomic E-state index is 0.491. The lowest BCUT2D eigenvalue weighted by Crippen LogP contribution is -2.02. The fraction of sp³-hybridized carbons (Fsp3) is 0.385. The van der Waals surface area contributed by atoms with E-state index in [4.69, 9.17) is 28.9 Å². The number of thiazole rings is 1. The molecule has 2 aromatic rings. The van der Waals surface area contributed by atoms with Crippen molar-refractivity contribution in [3.8, 4) is 10.7 Å². The average molecular weight is 316 g/mol. The monoisotopic (exact) mass is 315 g/mol. The van der Waals surface area contributed by atoms with Crippen molar-refractivity contribution in [3.63, 3.8) is 0 Å². The summed E-state index contributed by atoms with van der Waals surface area (Å²) < 4.78 is 0. The van der Waals surface area contributed by atoms with E-state index in [-0.39, 0.29) is 0 Å². The molecule has 2 aromatic heterocycles. The molecule has 0 fully saturated rings. The van der Waals surface area contributed by atoms with E-state index in [2.05, 4.69) is 23.8 Å². The highest BCUT2D eigenvalue weighted by Gasteiger charge is 2.15. The standard InChI is InChI=1S/C13H15Cl2N3S/c1-7(2)3-10-11(5-16)19-13(18-10)12-9(15)4-8(14)6-17-12/h4,6-7H,3,5,16H2,1-2H3. The second kappa shape index (κ2) is 6.18. The third-order valence-electron chi connectivity index (χ3n) is 2.58. The Morgan fingerprint density at radius 2 is 2.11 bits per heavy atom. The second-order valence-electron chi connectivity index (χ2n) is 4.67. The summed E-state index contributed by atoms with van der Waals surface area (Å²) in [5, 5.41) is 1.84. The van der Waals surface area contributed by atoms with Crippen LogP contribution >= 0.6 is 34.5 Å². The summed E-state index contributed by atoms with van der Waals surface area (Å²) in [4.78, 5) is 9.98. The van der Waals surface area contributed by atoms with Crippen LogP contribution in [0.5, 0.6) is 0 Å². The highest BCUT2D eigenvalue weighted by molar-refractivity contribution is 7.15. The van der Waals surface area contributed by atoms with Crippen molar-refractivity contribution in [1.29, 1.82) is 0 Å². The van der Waals surface area contributed by atoms with Gasteiger partial charge in [-0.05, 0) is 18.4 Å². The molecule has 0 saturated heterocycles. The fourth-order valence-corrected chi connectivity index (χ4v) is 3.27. The van der Waals surface area contributed by atoms with Crippen molar-refractivity contribution in [3.05, 3.63) is 32.9 Å². The summed E-state index contributed by atoms with van der Waals surface area (Å²) >= 11 is 13.6. The van der Waals surface area contributed by atoms with Crippen LogP contribution in [0.2, 0.25) is 10.0 Å². The molecular formula is C13H15Cl2N3S. The Bertz CT molecular complexity index is 581. The molecule has 2 heterocycles. The van der Waals surface area contributed by atoms with Crippen molar-refractivity contribution in [2.24, 2.45) is 11.7 Å². The zero-order chi connectivity index (χ0) is 14.0. The summed E-state index contributed by atoms with van der Waals surface area (Å²) in [7, 11) is 0. The number of nitrogens with two attached hydrogens (primary N) is 1. The molecule has 0 aliphatic carbocycles. The lowest BCUT2D eigenvalue weighted by Gasteiger charge is -2.02. The van der Waals surface area contributed by atoms with Crippen LogP contribution in [-0.4, -0.2) is 9.97 Å². The molecule has 0 spiro atoms. The third kappa shape index (κ3) is 3.45. The van der Waals surface area contributed by atoms with Crippen LogP contribution in [-0.2, 0) is 13.0 Å². The van der Waals surface area contributed by atoms with Gasteiger partial charge in [-0.2, -0.15) is 0 Å². The van der Waals surface area contributed by atoms with E-state index in [0.717, 1.165) is 22.0 Å². The molecule has 3 nitrogen and oxygen atoms in total. The van der Waals surface area contributed by atoms with Gasteiger partial charge in [0.1, 0.15) is 10.7 Å². The highest BCUT2D eigenvalue weighted by Crippen LogP contribution is 2.33. The molecule has 0 unspecified atom stereocenters. The van der Waals surface area contributed by atoms with Gasteiger partial charge >= 0.3 is 0 Å². The number of hydrogen-bond donors (Lipinski definition) is 1. The number of hydrogen-bond acceptors (Lipinski definition) is 4. The van der Waals surface area contributed by atoms with E-state index in [9.17, 15) is 0 Å². The largest absolute Gasteiger partial charge is 0.326 e. The molecule has 0 amide bonds. The predicted octanol–water partition coefficient (Wildman–Crippen LogP) is 4.17. The molecule has 19 heavy (non-hydrogen) atoms. The topological polar surface area (TPSA) is 51.8 Å². The quantitative estimate of drug-likeness (QED) is 0.921. The molecule has 0 aromatic carbocycles. The fourth-order valence-electron chi connectivity index (χ4n) is 1.76. The van der Waals surface area contributed by atoms with Crippen molar-refractivity contribution < 1.29 is 0 Å². The van der Waals surface area contributed by atoms with Crippen LogP contribution in [0.4, 0.5) is 0 Å². The van der Waals surface area contributed by atoms with E-state index in [1.54, 1.807) is 23.6 Å². The van der Waals surface area contributed by atoms with Crippen LogP contribution in [0.25, 0.3) is 10.7 Å². The van der Waals surface area contributed by atoms with Gasteiger partial charge in [-0.3, -0.25) is 4.98 Å². The number of rotatable bonds is 4. The highest BCUT2D eigenvalue weighted by atomic mass is 35.5. The van der Waals surface area contributed by atoms with Crippen LogP contribution in [0.3, 0.4) is 0 Å². The molecule has 0 aliphatic rings. The number of aromatic nitrogens is 2. The molecule has 6 heteroatoms. The smallest absolute Gasteiger partial charge is 0.143 e. The Hall–Kier alpha value is -0.680. The van der Waals surface area contributed by atoms with E-state index in [1.165, 1.54) is 0 Å². The molecule has 0 bridgehead atoms. The zero-order valence-electron chi connectivity index (χ0n) is 10.8. The van der Waals surface area contributed by atoms with Crippen LogP contribution in [0, 0.1) is 5.92 Å². The first kappa shape index (κ1) is 14.7. The minimum Gasteiger partial charge on any atom is -0.326 e. The van der Waals surface area contributed by atoms with Gasteiger partial charge in [-0.1, -0.05) is 37.0 Å². The lowest BCUT2D eigenvalue weighted by molar-refractivity contribution is 0.634.